The smallest absolute Gasteiger partial charge is 0.0384 e. The maximum atomic E-state index is 3.30. The van der Waals surface area contributed by atoms with E-state index in [-0.39, 0.29) is 0 Å². The highest BCUT2D eigenvalue weighted by atomic mass is 14.9. The van der Waals surface area contributed by atoms with Crippen molar-refractivity contribution in [1.29, 1.82) is 0 Å². The molecule has 0 aliphatic carbocycles. The normalized spacial score (nSPS) is 10.7. The lowest BCUT2D eigenvalue weighted by atomic mass is 9.94. The van der Waals surface area contributed by atoms with Gasteiger partial charge in [-0.25, -0.2) is 0 Å². The number of fused-ring (bicyclic) bond motifs is 3. The van der Waals surface area contributed by atoms with Gasteiger partial charge in [-0.3, -0.25) is 0 Å². The molecule has 0 saturated carbocycles. The summed E-state index contributed by atoms with van der Waals surface area (Å²) in [5.41, 5.74) is 4.80. The third-order valence-electron chi connectivity index (χ3n) is 6.62. The molecule has 0 spiro atoms. The average Bonchev–Trinajstić information content (AvgIpc) is 2.96. The predicted octanol–water partition coefficient (Wildman–Crippen LogP) is 10.2. The standard InChI is InChI=1S/C24H16.C12H11N/c1-2-7-17(8-3-1)23-12-6-11-20-15-21-13-18-9-4-5-10-19(18)14-22(21)16-24(20)23;1-3-7-11(8-4-1)13-12-9-5-2-6-10-12/h1-16H;1-10,13H. The van der Waals surface area contributed by atoms with Crippen LogP contribution in [0.15, 0.2) is 158 Å². The molecule has 0 bridgehead atoms. The van der Waals surface area contributed by atoms with E-state index in [0.717, 1.165) is 11.4 Å². The Labute approximate surface area is 217 Å². The Balaban J connectivity index is 0.000000164. The first-order valence-corrected chi connectivity index (χ1v) is 12.6. The van der Waals surface area contributed by atoms with Gasteiger partial charge < -0.3 is 5.32 Å². The topological polar surface area (TPSA) is 12.0 Å². The van der Waals surface area contributed by atoms with Gasteiger partial charge in [-0.15, -0.1) is 0 Å². The molecule has 1 nitrogen and oxygen atoms in total. The molecule has 0 saturated heterocycles. The number of benzene rings is 7. The molecule has 0 radical (unpaired) electrons. The van der Waals surface area contributed by atoms with Gasteiger partial charge in [0, 0.05) is 11.4 Å². The molecule has 7 rings (SSSR count). The van der Waals surface area contributed by atoms with Crippen LogP contribution in [0.3, 0.4) is 0 Å². The fourth-order valence-corrected chi connectivity index (χ4v) is 4.80. The summed E-state index contributed by atoms with van der Waals surface area (Å²) in [5.74, 6) is 0. The summed E-state index contributed by atoms with van der Waals surface area (Å²) in [6, 6.07) is 55.3. The number of para-hydroxylation sites is 2. The summed E-state index contributed by atoms with van der Waals surface area (Å²) in [6.07, 6.45) is 0. The Kier molecular flexibility index (Phi) is 6.34. The van der Waals surface area contributed by atoms with Gasteiger partial charge in [-0.05, 0) is 92.0 Å². The summed E-state index contributed by atoms with van der Waals surface area (Å²) in [6.45, 7) is 0. The zero-order chi connectivity index (χ0) is 24.9. The van der Waals surface area contributed by atoms with Crippen molar-refractivity contribution in [2.24, 2.45) is 0 Å². The van der Waals surface area contributed by atoms with E-state index in [1.807, 2.05) is 60.7 Å². The van der Waals surface area contributed by atoms with Crippen LogP contribution in [0.25, 0.3) is 43.4 Å². The minimum Gasteiger partial charge on any atom is -0.356 e. The van der Waals surface area contributed by atoms with Crippen molar-refractivity contribution < 1.29 is 0 Å². The molecule has 7 aromatic rings. The average molecular weight is 474 g/mol. The summed E-state index contributed by atoms with van der Waals surface area (Å²) in [7, 11) is 0. The van der Waals surface area contributed by atoms with Gasteiger partial charge in [0.2, 0.25) is 0 Å². The lowest BCUT2D eigenvalue weighted by Crippen LogP contribution is -1.87. The van der Waals surface area contributed by atoms with Crippen molar-refractivity contribution in [3.63, 3.8) is 0 Å². The Morgan fingerprint density at radius 2 is 0.784 bits per heavy atom. The van der Waals surface area contributed by atoms with E-state index in [9.17, 15) is 0 Å². The van der Waals surface area contributed by atoms with Crippen LogP contribution in [0.4, 0.5) is 11.4 Å². The number of anilines is 2. The molecular formula is C36H27N. The molecule has 0 atom stereocenters. The van der Waals surface area contributed by atoms with Gasteiger partial charge in [0.05, 0.1) is 0 Å². The van der Waals surface area contributed by atoms with Crippen LogP contribution in [0.2, 0.25) is 0 Å². The van der Waals surface area contributed by atoms with Gasteiger partial charge in [-0.2, -0.15) is 0 Å². The van der Waals surface area contributed by atoms with E-state index in [0.29, 0.717) is 0 Å². The molecule has 0 aliphatic heterocycles. The van der Waals surface area contributed by atoms with Gasteiger partial charge in [-0.1, -0.05) is 109 Å². The highest BCUT2D eigenvalue weighted by molar-refractivity contribution is 6.08. The SMILES string of the molecule is c1ccc(-c2cccc3cc4cc5ccccc5cc4cc23)cc1.c1ccc(Nc2ccccc2)cc1. The molecule has 1 heteroatoms. The van der Waals surface area contributed by atoms with Crippen LogP contribution in [-0.2, 0) is 0 Å². The van der Waals surface area contributed by atoms with Crippen molar-refractivity contribution in [3.8, 4) is 11.1 Å². The summed E-state index contributed by atoms with van der Waals surface area (Å²) in [4.78, 5) is 0. The van der Waals surface area contributed by atoms with Gasteiger partial charge in [0.25, 0.3) is 0 Å². The van der Waals surface area contributed by atoms with Crippen LogP contribution in [0.1, 0.15) is 0 Å². The first kappa shape index (κ1) is 22.6. The number of hydrogen-bond acceptors (Lipinski definition) is 1. The fourth-order valence-electron chi connectivity index (χ4n) is 4.80. The molecule has 0 heterocycles. The predicted molar refractivity (Wildman–Crippen MR) is 161 cm³/mol. The molecular weight excluding hydrogens is 446 g/mol. The van der Waals surface area contributed by atoms with E-state index < -0.39 is 0 Å². The van der Waals surface area contributed by atoms with E-state index in [1.54, 1.807) is 0 Å². The second-order valence-corrected chi connectivity index (χ2v) is 9.15. The molecule has 0 aromatic heterocycles. The minimum absolute atomic E-state index is 1.12. The molecule has 0 fully saturated rings. The number of hydrogen-bond donors (Lipinski definition) is 1. The third-order valence-corrected chi connectivity index (χ3v) is 6.62. The molecule has 37 heavy (non-hydrogen) atoms. The third kappa shape index (κ3) is 5.07. The Bertz CT molecular complexity index is 1740. The van der Waals surface area contributed by atoms with Crippen LogP contribution in [-0.4, -0.2) is 0 Å². The quantitative estimate of drug-likeness (QED) is 0.252. The molecule has 0 unspecified atom stereocenters. The lowest BCUT2D eigenvalue weighted by Gasteiger charge is -2.10. The van der Waals surface area contributed by atoms with Crippen molar-refractivity contribution >= 4 is 43.7 Å². The van der Waals surface area contributed by atoms with E-state index in [4.69, 9.17) is 0 Å². The van der Waals surface area contributed by atoms with Crippen molar-refractivity contribution in [2.45, 2.75) is 0 Å². The van der Waals surface area contributed by atoms with Crippen LogP contribution in [0, 0.1) is 0 Å². The number of rotatable bonds is 3. The maximum Gasteiger partial charge on any atom is 0.0384 e. The Morgan fingerprint density at radius 3 is 1.38 bits per heavy atom. The molecule has 0 amide bonds. The van der Waals surface area contributed by atoms with Crippen molar-refractivity contribution in [3.05, 3.63) is 158 Å². The maximum absolute atomic E-state index is 3.30. The first-order chi connectivity index (χ1) is 18.3. The lowest BCUT2D eigenvalue weighted by molar-refractivity contribution is 1.55. The van der Waals surface area contributed by atoms with Crippen molar-refractivity contribution in [2.75, 3.05) is 5.32 Å². The molecule has 176 valence electrons. The molecule has 1 N–H and O–H groups in total. The number of nitrogens with one attached hydrogen (secondary N) is 1. The monoisotopic (exact) mass is 473 g/mol. The summed E-state index contributed by atoms with van der Waals surface area (Å²) < 4.78 is 0. The summed E-state index contributed by atoms with van der Waals surface area (Å²) in [5, 5.41) is 11.1. The summed E-state index contributed by atoms with van der Waals surface area (Å²) >= 11 is 0. The second kappa shape index (κ2) is 10.4. The van der Waals surface area contributed by atoms with Gasteiger partial charge in [0.15, 0.2) is 0 Å². The van der Waals surface area contributed by atoms with Gasteiger partial charge in [0.1, 0.15) is 0 Å². The van der Waals surface area contributed by atoms with Crippen LogP contribution in [0.5, 0.6) is 0 Å². The molecule has 7 aromatic carbocycles. The molecule has 0 aliphatic rings. The van der Waals surface area contributed by atoms with Crippen LogP contribution < -0.4 is 5.32 Å². The minimum atomic E-state index is 1.12. The van der Waals surface area contributed by atoms with E-state index >= 15 is 0 Å². The zero-order valence-electron chi connectivity index (χ0n) is 20.5. The second-order valence-electron chi connectivity index (χ2n) is 9.15. The zero-order valence-corrected chi connectivity index (χ0v) is 20.5. The van der Waals surface area contributed by atoms with E-state index in [2.05, 4.69) is 102 Å². The van der Waals surface area contributed by atoms with Crippen molar-refractivity contribution in [1.82, 2.24) is 0 Å². The highest BCUT2D eigenvalue weighted by Gasteiger charge is 2.06. The highest BCUT2D eigenvalue weighted by Crippen LogP contribution is 2.33. The van der Waals surface area contributed by atoms with Gasteiger partial charge >= 0.3 is 0 Å². The Hall–Kier alpha value is -4.88. The van der Waals surface area contributed by atoms with E-state index in [1.165, 1.54) is 43.4 Å². The largest absolute Gasteiger partial charge is 0.356 e. The fraction of sp³-hybridized carbons (Fsp3) is 0. The van der Waals surface area contributed by atoms with Crippen LogP contribution >= 0.6 is 0 Å². The first-order valence-electron chi connectivity index (χ1n) is 12.6. The Morgan fingerprint density at radius 1 is 0.324 bits per heavy atom.